The molecule has 1 heterocycles. The quantitative estimate of drug-likeness (QED) is 0.485. The first kappa shape index (κ1) is 8.82. The van der Waals surface area contributed by atoms with E-state index in [0.29, 0.717) is 0 Å². The smallest absolute Gasteiger partial charge is 0.303 e. The molecule has 0 unspecified atom stereocenters. The lowest BCUT2D eigenvalue weighted by Crippen LogP contribution is -1.97. The number of hydrogen-bond donors (Lipinski definition) is 0. The molecule has 0 saturated heterocycles. The molecule has 1 aromatic rings. The number of carbonyl (C=O) groups excluding carboxylic acids is 1. The van der Waals surface area contributed by atoms with E-state index < -0.39 is 0 Å². The average Bonchev–Trinajstić information content (AvgIpc) is 2.49. The van der Waals surface area contributed by atoms with Gasteiger partial charge in [-0.3, -0.25) is 4.79 Å². The molecule has 0 N–H and O–H groups in total. The number of hydrogen-bond acceptors (Lipinski definition) is 3. The largest absolute Gasteiger partial charge is 0.453 e. The molecule has 1 rings (SSSR count). The van der Waals surface area contributed by atoms with Crippen LogP contribution in [0.2, 0.25) is 0 Å². The maximum Gasteiger partial charge on any atom is 0.303 e. The van der Waals surface area contributed by atoms with Gasteiger partial charge in [-0.1, -0.05) is 17.9 Å². The third-order valence-electron chi connectivity index (χ3n) is 1.08. The van der Waals surface area contributed by atoms with E-state index in [2.05, 4.69) is 16.6 Å². The Hall–Kier alpha value is -1.27. The summed E-state index contributed by atoms with van der Waals surface area (Å²) in [7, 11) is 0. The summed E-state index contributed by atoms with van der Waals surface area (Å²) < 4.78 is 4.63. The maximum absolute atomic E-state index is 10.3. The summed E-state index contributed by atoms with van der Waals surface area (Å²) in [5.74, 6) is 5.31. The Balaban J connectivity index is 2.35. The van der Waals surface area contributed by atoms with Crippen LogP contribution in [0.1, 0.15) is 11.8 Å². The summed E-state index contributed by atoms with van der Waals surface area (Å²) >= 11 is 1.57. The third-order valence-corrected chi connectivity index (χ3v) is 1.87. The van der Waals surface area contributed by atoms with Crippen LogP contribution < -0.4 is 0 Å². The molecular weight excluding hydrogens is 172 g/mol. The SMILES string of the molecule is CC(=O)OCC#Cc1cccs1. The molecule has 62 valence electrons. The topological polar surface area (TPSA) is 26.3 Å². The molecular formula is C9H8O2S. The predicted octanol–water partition coefficient (Wildman–Crippen LogP) is 1.66. The van der Waals surface area contributed by atoms with Gasteiger partial charge in [-0.2, -0.15) is 0 Å². The third kappa shape index (κ3) is 3.22. The summed E-state index contributed by atoms with van der Waals surface area (Å²) in [6, 6.07) is 3.85. The Morgan fingerprint density at radius 2 is 2.58 bits per heavy atom. The zero-order valence-electron chi connectivity index (χ0n) is 6.66. The minimum absolute atomic E-state index is 0.174. The minimum atomic E-state index is -0.296. The van der Waals surface area contributed by atoms with Crippen LogP contribution >= 0.6 is 11.3 Å². The Bertz CT molecular complexity index is 303. The van der Waals surface area contributed by atoms with Crippen LogP contribution in [0.4, 0.5) is 0 Å². The van der Waals surface area contributed by atoms with Crippen molar-refractivity contribution in [3.8, 4) is 11.8 Å². The summed E-state index contributed by atoms with van der Waals surface area (Å²) in [5, 5.41) is 1.95. The lowest BCUT2D eigenvalue weighted by molar-refractivity contribution is -0.139. The summed E-state index contributed by atoms with van der Waals surface area (Å²) in [4.78, 5) is 11.3. The number of rotatable bonds is 1. The molecule has 3 heteroatoms. The highest BCUT2D eigenvalue weighted by molar-refractivity contribution is 7.10. The fraction of sp³-hybridized carbons (Fsp3) is 0.222. The molecule has 1 aromatic heterocycles. The van der Waals surface area contributed by atoms with Crippen molar-refractivity contribution in [2.75, 3.05) is 6.61 Å². The van der Waals surface area contributed by atoms with Crippen LogP contribution in [-0.2, 0) is 9.53 Å². The molecule has 0 spiro atoms. The fourth-order valence-corrected chi connectivity index (χ4v) is 1.20. The number of esters is 1. The summed E-state index contributed by atoms with van der Waals surface area (Å²) in [6.45, 7) is 1.54. The molecule has 12 heavy (non-hydrogen) atoms. The highest BCUT2D eigenvalue weighted by Crippen LogP contribution is 2.05. The number of carbonyl (C=O) groups is 1. The predicted molar refractivity (Wildman–Crippen MR) is 47.8 cm³/mol. The second-order valence-electron chi connectivity index (χ2n) is 2.06. The standard InChI is InChI=1S/C9H8O2S/c1-8(10)11-6-2-4-9-5-3-7-12-9/h3,5,7H,6H2,1H3. The first-order chi connectivity index (χ1) is 5.79. The van der Waals surface area contributed by atoms with Crippen LogP contribution in [0.5, 0.6) is 0 Å². The Labute approximate surface area is 75.2 Å². The minimum Gasteiger partial charge on any atom is -0.453 e. The van der Waals surface area contributed by atoms with Crippen LogP contribution in [0, 0.1) is 11.8 Å². The van der Waals surface area contributed by atoms with Gasteiger partial charge in [0.05, 0.1) is 4.88 Å². The van der Waals surface area contributed by atoms with Gasteiger partial charge in [-0.05, 0) is 11.4 Å². The zero-order valence-corrected chi connectivity index (χ0v) is 7.48. The molecule has 0 aliphatic rings. The Kier molecular flexibility index (Phi) is 3.36. The zero-order chi connectivity index (χ0) is 8.81. The molecule has 0 atom stereocenters. The summed E-state index contributed by atoms with van der Waals surface area (Å²) in [6.07, 6.45) is 0. The molecule has 0 aromatic carbocycles. The lowest BCUT2D eigenvalue weighted by Gasteiger charge is -1.90. The summed E-state index contributed by atoms with van der Waals surface area (Å²) in [5.41, 5.74) is 0. The normalized spacial score (nSPS) is 8.42. The van der Waals surface area contributed by atoms with Gasteiger partial charge in [0.1, 0.15) is 0 Å². The molecule has 2 nitrogen and oxygen atoms in total. The molecule has 0 fully saturated rings. The van der Waals surface area contributed by atoms with Crippen molar-refractivity contribution >= 4 is 17.3 Å². The van der Waals surface area contributed by atoms with Crippen molar-refractivity contribution in [2.45, 2.75) is 6.92 Å². The van der Waals surface area contributed by atoms with Gasteiger partial charge in [-0.15, -0.1) is 11.3 Å². The molecule has 0 bridgehead atoms. The Morgan fingerprint density at radius 1 is 1.75 bits per heavy atom. The number of ether oxygens (including phenoxy) is 1. The van der Waals surface area contributed by atoms with Crippen molar-refractivity contribution in [1.29, 1.82) is 0 Å². The van der Waals surface area contributed by atoms with Gasteiger partial charge in [-0.25, -0.2) is 0 Å². The van der Waals surface area contributed by atoms with E-state index in [1.807, 2.05) is 17.5 Å². The van der Waals surface area contributed by atoms with Crippen molar-refractivity contribution < 1.29 is 9.53 Å². The van der Waals surface area contributed by atoms with Gasteiger partial charge < -0.3 is 4.74 Å². The van der Waals surface area contributed by atoms with Crippen molar-refractivity contribution in [1.82, 2.24) is 0 Å². The van der Waals surface area contributed by atoms with Gasteiger partial charge in [0.25, 0.3) is 0 Å². The highest BCUT2D eigenvalue weighted by Gasteiger charge is 1.87. The molecule has 0 aliphatic heterocycles. The molecule has 0 aliphatic carbocycles. The van der Waals surface area contributed by atoms with E-state index in [9.17, 15) is 4.79 Å². The van der Waals surface area contributed by atoms with Crippen LogP contribution in [0.3, 0.4) is 0 Å². The second kappa shape index (κ2) is 4.58. The lowest BCUT2D eigenvalue weighted by atomic mass is 10.4. The van der Waals surface area contributed by atoms with Gasteiger partial charge in [0, 0.05) is 6.92 Å². The van der Waals surface area contributed by atoms with E-state index >= 15 is 0 Å². The molecule has 0 radical (unpaired) electrons. The van der Waals surface area contributed by atoms with Crippen LogP contribution in [0.25, 0.3) is 0 Å². The van der Waals surface area contributed by atoms with E-state index in [1.54, 1.807) is 11.3 Å². The van der Waals surface area contributed by atoms with E-state index in [0.717, 1.165) is 4.88 Å². The van der Waals surface area contributed by atoms with E-state index in [1.165, 1.54) is 6.92 Å². The molecule has 0 amide bonds. The first-order valence-corrected chi connectivity index (χ1v) is 4.33. The van der Waals surface area contributed by atoms with Crippen molar-refractivity contribution in [3.63, 3.8) is 0 Å². The van der Waals surface area contributed by atoms with E-state index in [-0.39, 0.29) is 12.6 Å². The van der Waals surface area contributed by atoms with Gasteiger partial charge in [0.15, 0.2) is 6.61 Å². The van der Waals surface area contributed by atoms with Crippen molar-refractivity contribution in [3.05, 3.63) is 22.4 Å². The highest BCUT2D eigenvalue weighted by atomic mass is 32.1. The average molecular weight is 180 g/mol. The second-order valence-corrected chi connectivity index (χ2v) is 3.01. The van der Waals surface area contributed by atoms with Gasteiger partial charge >= 0.3 is 5.97 Å². The molecule has 0 saturated carbocycles. The Morgan fingerprint density at radius 3 is 3.17 bits per heavy atom. The van der Waals surface area contributed by atoms with Crippen LogP contribution in [-0.4, -0.2) is 12.6 Å². The van der Waals surface area contributed by atoms with Gasteiger partial charge in [0.2, 0.25) is 0 Å². The van der Waals surface area contributed by atoms with E-state index in [4.69, 9.17) is 0 Å². The first-order valence-electron chi connectivity index (χ1n) is 3.45. The fourth-order valence-electron chi connectivity index (χ4n) is 0.611. The van der Waals surface area contributed by atoms with Crippen molar-refractivity contribution in [2.24, 2.45) is 0 Å². The monoisotopic (exact) mass is 180 g/mol. The maximum atomic E-state index is 10.3. The van der Waals surface area contributed by atoms with Crippen LogP contribution in [0.15, 0.2) is 17.5 Å². The number of thiophene rings is 1.